The standard InChI is InChI=1S/C9H16N2O2/c1-7(12)6-8-4-3-5-11(8)9(13)10-2/h8H,3-6H2,1-2H3,(H,10,13). The molecule has 0 spiro atoms. The smallest absolute Gasteiger partial charge is 0.317 e. The zero-order valence-corrected chi connectivity index (χ0v) is 8.17. The van der Waals surface area contributed by atoms with Gasteiger partial charge in [0, 0.05) is 26.1 Å². The van der Waals surface area contributed by atoms with Crippen molar-refractivity contribution in [1.29, 1.82) is 0 Å². The average molecular weight is 184 g/mol. The number of nitrogens with zero attached hydrogens (tertiary/aromatic N) is 1. The second kappa shape index (κ2) is 4.25. The summed E-state index contributed by atoms with van der Waals surface area (Å²) in [5.41, 5.74) is 0. The number of nitrogens with one attached hydrogen (secondary N) is 1. The lowest BCUT2D eigenvalue weighted by molar-refractivity contribution is -0.117. The number of likely N-dealkylation sites (tertiary alicyclic amines) is 1. The van der Waals surface area contributed by atoms with E-state index in [4.69, 9.17) is 0 Å². The molecule has 1 N–H and O–H groups in total. The highest BCUT2D eigenvalue weighted by molar-refractivity contribution is 5.78. The van der Waals surface area contributed by atoms with Crippen LogP contribution < -0.4 is 5.32 Å². The molecular formula is C9H16N2O2. The first-order chi connectivity index (χ1) is 6.15. The van der Waals surface area contributed by atoms with E-state index < -0.39 is 0 Å². The molecule has 0 saturated carbocycles. The second-order valence-corrected chi connectivity index (χ2v) is 3.45. The molecule has 1 saturated heterocycles. The summed E-state index contributed by atoms with van der Waals surface area (Å²) in [5.74, 6) is 0.154. The molecule has 1 rings (SSSR count). The highest BCUT2D eigenvalue weighted by Crippen LogP contribution is 2.19. The molecule has 0 aromatic rings. The van der Waals surface area contributed by atoms with Crippen molar-refractivity contribution in [2.75, 3.05) is 13.6 Å². The predicted molar refractivity (Wildman–Crippen MR) is 49.5 cm³/mol. The highest BCUT2D eigenvalue weighted by Gasteiger charge is 2.28. The Kier molecular flexibility index (Phi) is 3.28. The highest BCUT2D eigenvalue weighted by atomic mass is 16.2. The van der Waals surface area contributed by atoms with Crippen LogP contribution in [0.5, 0.6) is 0 Å². The molecule has 1 aliphatic rings. The molecule has 1 atom stereocenters. The quantitative estimate of drug-likeness (QED) is 0.689. The van der Waals surface area contributed by atoms with Crippen LogP contribution in [-0.2, 0) is 4.79 Å². The Morgan fingerprint density at radius 1 is 1.54 bits per heavy atom. The van der Waals surface area contributed by atoms with E-state index in [9.17, 15) is 9.59 Å². The van der Waals surface area contributed by atoms with Crippen LogP contribution in [0.4, 0.5) is 4.79 Å². The van der Waals surface area contributed by atoms with E-state index in [1.807, 2.05) is 0 Å². The maximum absolute atomic E-state index is 11.3. The van der Waals surface area contributed by atoms with Crippen molar-refractivity contribution >= 4 is 11.8 Å². The fourth-order valence-electron chi connectivity index (χ4n) is 1.79. The Hall–Kier alpha value is -1.06. The maximum atomic E-state index is 11.3. The van der Waals surface area contributed by atoms with E-state index in [0.717, 1.165) is 19.4 Å². The Morgan fingerprint density at radius 2 is 2.23 bits per heavy atom. The first-order valence-electron chi connectivity index (χ1n) is 4.63. The van der Waals surface area contributed by atoms with Gasteiger partial charge in [0.2, 0.25) is 0 Å². The summed E-state index contributed by atoms with van der Waals surface area (Å²) in [5, 5.41) is 2.59. The lowest BCUT2D eigenvalue weighted by Crippen LogP contribution is -2.41. The SMILES string of the molecule is CNC(=O)N1CCCC1CC(C)=O. The number of urea groups is 1. The lowest BCUT2D eigenvalue weighted by atomic mass is 10.1. The molecule has 74 valence electrons. The molecule has 1 fully saturated rings. The number of Topliss-reactive ketones (excluding diaryl/α,β-unsaturated/α-hetero) is 1. The van der Waals surface area contributed by atoms with Gasteiger partial charge in [-0.05, 0) is 19.8 Å². The Morgan fingerprint density at radius 3 is 2.77 bits per heavy atom. The topological polar surface area (TPSA) is 49.4 Å². The Bertz CT molecular complexity index is 216. The fraction of sp³-hybridized carbons (Fsp3) is 0.778. The van der Waals surface area contributed by atoms with Gasteiger partial charge in [0.15, 0.2) is 0 Å². The minimum Gasteiger partial charge on any atom is -0.341 e. The van der Waals surface area contributed by atoms with Crippen LogP contribution in [0.25, 0.3) is 0 Å². The third kappa shape index (κ3) is 2.44. The maximum Gasteiger partial charge on any atom is 0.317 e. The van der Waals surface area contributed by atoms with Crippen LogP contribution in [0.15, 0.2) is 0 Å². The summed E-state index contributed by atoms with van der Waals surface area (Å²) >= 11 is 0. The molecule has 0 aromatic carbocycles. The molecule has 1 aliphatic heterocycles. The van der Waals surface area contributed by atoms with Crippen LogP contribution in [0.3, 0.4) is 0 Å². The van der Waals surface area contributed by atoms with Gasteiger partial charge >= 0.3 is 6.03 Å². The molecule has 0 aromatic heterocycles. The molecule has 0 bridgehead atoms. The van der Waals surface area contributed by atoms with Crippen LogP contribution in [0.1, 0.15) is 26.2 Å². The summed E-state index contributed by atoms with van der Waals surface area (Å²) < 4.78 is 0. The van der Waals surface area contributed by atoms with E-state index in [2.05, 4.69) is 5.32 Å². The van der Waals surface area contributed by atoms with E-state index >= 15 is 0 Å². The van der Waals surface area contributed by atoms with E-state index in [-0.39, 0.29) is 17.9 Å². The summed E-state index contributed by atoms with van der Waals surface area (Å²) in [7, 11) is 1.62. The first-order valence-corrected chi connectivity index (χ1v) is 4.63. The average Bonchev–Trinajstić information content (AvgIpc) is 2.50. The third-order valence-corrected chi connectivity index (χ3v) is 2.37. The minimum atomic E-state index is -0.0660. The Labute approximate surface area is 78.3 Å². The summed E-state index contributed by atoms with van der Waals surface area (Å²) in [6.45, 7) is 2.35. The number of carbonyl (C=O) groups excluding carboxylic acids is 2. The number of rotatable bonds is 2. The van der Waals surface area contributed by atoms with Gasteiger partial charge in [-0.1, -0.05) is 0 Å². The molecule has 1 heterocycles. The predicted octanol–water partition coefficient (Wildman–Crippen LogP) is 0.769. The van der Waals surface area contributed by atoms with Crippen molar-refractivity contribution in [3.05, 3.63) is 0 Å². The number of hydrogen-bond donors (Lipinski definition) is 1. The number of carbonyl (C=O) groups is 2. The van der Waals surface area contributed by atoms with Crippen molar-refractivity contribution in [3.63, 3.8) is 0 Å². The van der Waals surface area contributed by atoms with E-state index in [1.54, 1.807) is 18.9 Å². The van der Waals surface area contributed by atoms with Gasteiger partial charge in [0.05, 0.1) is 0 Å². The van der Waals surface area contributed by atoms with Crippen molar-refractivity contribution in [2.45, 2.75) is 32.2 Å². The van der Waals surface area contributed by atoms with Crippen LogP contribution in [0, 0.1) is 0 Å². The van der Waals surface area contributed by atoms with Crippen molar-refractivity contribution in [1.82, 2.24) is 10.2 Å². The van der Waals surface area contributed by atoms with Gasteiger partial charge in [-0.2, -0.15) is 0 Å². The van der Waals surface area contributed by atoms with Gasteiger partial charge in [-0.3, -0.25) is 4.79 Å². The molecule has 0 aliphatic carbocycles. The first kappa shape index (κ1) is 10.0. The molecule has 1 unspecified atom stereocenters. The number of hydrogen-bond acceptors (Lipinski definition) is 2. The molecule has 13 heavy (non-hydrogen) atoms. The van der Waals surface area contributed by atoms with Crippen molar-refractivity contribution < 1.29 is 9.59 Å². The van der Waals surface area contributed by atoms with Crippen LogP contribution >= 0.6 is 0 Å². The van der Waals surface area contributed by atoms with Gasteiger partial charge < -0.3 is 10.2 Å². The minimum absolute atomic E-state index is 0.0660. The molecule has 0 radical (unpaired) electrons. The summed E-state index contributed by atoms with van der Waals surface area (Å²) in [4.78, 5) is 24.0. The largest absolute Gasteiger partial charge is 0.341 e. The molecule has 4 heteroatoms. The van der Waals surface area contributed by atoms with Crippen LogP contribution in [-0.4, -0.2) is 36.3 Å². The van der Waals surface area contributed by atoms with Crippen LogP contribution in [0.2, 0.25) is 0 Å². The van der Waals surface area contributed by atoms with Crippen molar-refractivity contribution in [2.24, 2.45) is 0 Å². The van der Waals surface area contributed by atoms with Gasteiger partial charge in [0.1, 0.15) is 5.78 Å². The monoisotopic (exact) mass is 184 g/mol. The normalized spacial score (nSPS) is 21.7. The second-order valence-electron chi connectivity index (χ2n) is 3.45. The molecule has 2 amide bonds. The molecule has 4 nitrogen and oxygen atoms in total. The number of amides is 2. The third-order valence-electron chi connectivity index (χ3n) is 2.37. The summed E-state index contributed by atoms with van der Waals surface area (Å²) in [6.07, 6.45) is 2.45. The zero-order chi connectivity index (χ0) is 9.84. The molecular weight excluding hydrogens is 168 g/mol. The lowest BCUT2D eigenvalue weighted by Gasteiger charge is -2.23. The van der Waals surface area contributed by atoms with Gasteiger partial charge in [-0.25, -0.2) is 4.79 Å². The van der Waals surface area contributed by atoms with E-state index in [0.29, 0.717) is 6.42 Å². The number of ketones is 1. The Balaban J connectivity index is 2.53. The van der Waals surface area contributed by atoms with Gasteiger partial charge in [0.25, 0.3) is 0 Å². The van der Waals surface area contributed by atoms with Gasteiger partial charge in [-0.15, -0.1) is 0 Å². The fourth-order valence-corrected chi connectivity index (χ4v) is 1.79. The van der Waals surface area contributed by atoms with E-state index in [1.165, 1.54) is 0 Å². The van der Waals surface area contributed by atoms with Crippen molar-refractivity contribution in [3.8, 4) is 0 Å². The summed E-state index contributed by atoms with van der Waals surface area (Å²) in [6, 6.07) is 0.0567. The zero-order valence-electron chi connectivity index (χ0n) is 8.17.